The number of ether oxygens (including phenoxy) is 8. The third kappa shape index (κ3) is 10.00. The van der Waals surface area contributed by atoms with E-state index in [0.29, 0.717) is 6.42 Å². The average molecular weight is 863 g/mol. The molecule has 0 radical (unpaired) electrons. The van der Waals surface area contributed by atoms with Crippen LogP contribution in [0.2, 0.25) is 0 Å². The van der Waals surface area contributed by atoms with Gasteiger partial charge in [0.15, 0.2) is 18.2 Å². The van der Waals surface area contributed by atoms with Gasteiger partial charge in [0.05, 0.1) is 47.6 Å². The van der Waals surface area contributed by atoms with E-state index in [-0.39, 0.29) is 43.7 Å². The summed E-state index contributed by atoms with van der Waals surface area (Å²) >= 11 is 0. The van der Waals surface area contributed by atoms with Crippen molar-refractivity contribution < 1.29 is 62.5 Å². The number of ketones is 1. The van der Waals surface area contributed by atoms with Crippen LogP contribution in [0, 0.1) is 23.7 Å². The molecule has 1 aromatic carbocycles. The highest BCUT2D eigenvalue weighted by molar-refractivity contribution is 5.85. The molecule has 15 nitrogen and oxygen atoms in total. The van der Waals surface area contributed by atoms with Gasteiger partial charge in [-0.2, -0.15) is 0 Å². The minimum Gasteiger partial charge on any atom is -0.458 e. The van der Waals surface area contributed by atoms with E-state index >= 15 is 0 Å². The van der Waals surface area contributed by atoms with Gasteiger partial charge in [-0.1, -0.05) is 58.0 Å². The maximum atomic E-state index is 14.9. The normalized spacial score (nSPS) is 44.3. The molecule has 4 heterocycles. The van der Waals surface area contributed by atoms with Crippen molar-refractivity contribution in [1.29, 1.82) is 0 Å². The number of cyclic esters (lactones) is 1. The van der Waals surface area contributed by atoms with Gasteiger partial charge in [-0.15, -0.1) is 0 Å². The van der Waals surface area contributed by atoms with Gasteiger partial charge in [-0.05, 0) is 80.5 Å². The lowest BCUT2D eigenvalue weighted by Gasteiger charge is -2.50. The van der Waals surface area contributed by atoms with E-state index in [1.54, 1.807) is 46.6 Å². The number of carbonyl (C=O) groups is 3. The first kappa shape index (κ1) is 49.3. The fourth-order valence-electron chi connectivity index (χ4n) is 10.6. The largest absolute Gasteiger partial charge is 0.458 e. The Bertz CT molecular complexity index is 1650. The fourth-order valence-corrected chi connectivity index (χ4v) is 10.6. The number of hydrogen-bond donors (Lipinski definition) is 2. The van der Waals surface area contributed by atoms with Gasteiger partial charge >= 0.3 is 12.1 Å². The fraction of sp³-hybridized carbons (Fsp3) is 0.804. The van der Waals surface area contributed by atoms with Crippen molar-refractivity contribution in [3.8, 4) is 0 Å². The molecule has 0 aromatic heterocycles. The van der Waals surface area contributed by atoms with Gasteiger partial charge in [0, 0.05) is 51.0 Å². The van der Waals surface area contributed by atoms with Crippen molar-refractivity contribution >= 4 is 17.8 Å². The number of Topliss-reactive ketones (excluding diaryl/α,β-unsaturated/α-hetero) is 1. The molecule has 15 heteroatoms. The van der Waals surface area contributed by atoms with Gasteiger partial charge in [0.25, 0.3) is 0 Å². The Balaban J connectivity index is 1.65. The number of esters is 1. The highest BCUT2D eigenvalue weighted by Gasteiger charge is 2.61. The number of fused-ring (bicyclic) bond motifs is 1. The summed E-state index contributed by atoms with van der Waals surface area (Å²) < 4.78 is 51.4. The second-order valence-electron chi connectivity index (χ2n) is 19.1. The van der Waals surface area contributed by atoms with E-state index in [9.17, 15) is 24.6 Å². The molecule has 4 saturated heterocycles. The molecule has 4 aliphatic heterocycles. The molecular weight excluding hydrogens is 789 g/mol. The summed E-state index contributed by atoms with van der Waals surface area (Å²) in [6, 6.07) is 8.38. The number of aliphatic hydroxyl groups is 2. The Morgan fingerprint density at radius 2 is 1.51 bits per heavy atom. The molecule has 5 rings (SSSR count). The van der Waals surface area contributed by atoms with E-state index < -0.39 is 108 Å². The number of likely N-dealkylation sites (N-methyl/N-ethyl adjacent to an activating group) is 1. The van der Waals surface area contributed by atoms with Crippen molar-refractivity contribution in [1.82, 2.24) is 9.80 Å². The van der Waals surface area contributed by atoms with E-state index in [1.165, 1.54) is 7.11 Å². The lowest BCUT2D eigenvalue weighted by Crippen LogP contribution is -2.61. The summed E-state index contributed by atoms with van der Waals surface area (Å²) in [5.41, 5.74) is -2.85. The van der Waals surface area contributed by atoms with E-state index in [0.717, 1.165) is 5.56 Å². The molecule has 0 bridgehead atoms. The average Bonchev–Trinajstić information content (AvgIpc) is 3.47. The predicted molar refractivity (Wildman–Crippen MR) is 225 cm³/mol. The van der Waals surface area contributed by atoms with Crippen LogP contribution in [0.3, 0.4) is 0 Å². The molecule has 346 valence electrons. The number of carbonyl (C=O) groups excluding carboxylic acids is 3. The second-order valence-corrected chi connectivity index (χ2v) is 19.1. The molecule has 4 fully saturated rings. The lowest BCUT2D eigenvalue weighted by molar-refractivity contribution is -0.319. The summed E-state index contributed by atoms with van der Waals surface area (Å²) in [6.45, 7) is 18.3. The summed E-state index contributed by atoms with van der Waals surface area (Å²) in [5.74, 6) is -3.87. The van der Waals surface area contributed by atoms with Crippen LogP contribution >= 0.6 is 0 Å². The Labute approximate surface area is 363 Å². The van der Waals surface area contributed by atoms with Crippen LogP contribution in [0.1, 0.15) is 100 Å². The zero-order valence-electron chi connectivity index (χ0n) is 38.9. The first-order valence-electron chi connectivity index (χ1n) is 22.1. The molecule has 18 atom stereocenters. The molecule has 0 unspecified atom stereocenters. The zero-order valence-corrected chi connectivity index (χ0v) is 38.9. The molecule has 61 heavy (non-hydrogen) atoms. The highest BCUT2D eigenvalue weighted by atomic mass is 16.7. The van der Waals surface area contributed by atoms with Crippen molar-refractivity contribution in [2.24, 2.45) is 23.7 Å². The van der Waals surface area contributed by atoms with Gasteiger partial charge in [-0.3, -0.25) is 14.5 Å². The minimum absolute atomic E-state index is 0.132. The van der Waals surface area contributed by atoms with Crippen LogP contribution in [0.5, 0.6) is 0 Å². The summed E-state index contributed by atoms with van der Waals surface area (Å²) in [7, 11) is 6.86. The van der Waals surface area contributed by atoms with Crippen LogP contribution in [0.25, 0.3) is 0 Å². The number of nitrogens with zero attached hydrogens (tertiary/aromatic N) is 2. The quantitative estimate of drug-likeness (QED) is 0.298. The molecule has 1 aromatic rings. The maximum absolute atomic E-state index is 14.9. The SMILES string of the molecule is CC[C@H]1OC(=O)[C@H](C)[C@@H](O[C@H]2C[C@@](C)(OC)[C@@H](O)[C@H](C)O2)[C@H](C)[C@@H](O[C@@H]2O[C@H](C)C[C@H](N(C)C)[C@H]2O)[C@](C)(OC)C[C@@H](C)C(=O)[C@H](C)[C@H]2N(Cc3ccccc3)C(=O)O[C@]12C. The van der Waals surface area contributed by atoms with Crippen LogP contribution in [0.15, 0.2) is 30.3 Å². The van der Waals surface area contributed by atoms with Gasteiger partial charge < -0.3 is 53.0 Å². The minimum atomic E-state index is -1.42. The van der Waals surface area contributed by atoms with Crippen LogP contribution < -0.4 is 0 Å². The number of hydrogen-bond acceptors (Lipinski definition) is 14. The van der Waals surface area contributed by atoms with Crippen LogP contribution in [-0.4, -0.2) is 150 Å². The Morgan fingerprint density at radius 1 is 0.869 bits per heavy atom. The molecule has 2 N–H and O–H groups in total. The third-order valence-electron chi connectivity index (χ3n) is 14.3. The van der Waals surface area contributed by atoms with E-state index in [1.807, 2.05) is 83.9 Å². The maximum Gasteiger partial charge on any atom is 0.411 e. The Hall–Kier alpha value is -2.73. The van der Waals surface area contributed by atoms with Gasteiger partial charge in [-0.25, -0.2) is 4.79 Å². The van der Waals surface area contributed by atoms with Crippen molar-refractivity contribution in [3.63, 3.8) is 0 Å². The monoisotopic (exact) mass is 863 g/mol. The van der Waals surface area contributed by atoms with Crippen molar-refractivity contribution in [2.75, 3.05) is 28.3 Å². The molecule has 4 aliphatic rings. The van der Waals surface area contributed by atoms with E-state index in [4.69, 9.17) is 37.9 Å². The first-order chi connectivity index (χ1) is 28.5. The number of amides is 1. The van der Waals surface area contributed by atoms with E-state index in [2.05, 4.69) is 0 Å². The predicted octanol–water partition coefficient (Wildman–Crippen LogP) is 5.11. The first-order valence-corrected chi connectivity index (χ1v) is 22.1. The summed E-state index contributed by atoms with van der Waals surface area (Å²) in [5, 5.41) is 22.8. The number of aliphatic hydroxyl groups excluding tert-OH is 2. The Kier molecular flexibility index (Phi) is 15.8. The molecular formula is C46H74N2O13. The number of rotatable bonds is 10. The number of methoxy groups -OCH3 is 2. The topological polar surface area (TPSA) is 172 Å². The second kappa shape index (κ2) is 19.6. The molecule has 0 saturated carbocycles. The van der Waals surface area contributed by atoms with Gasteiger partial charge in [0.2, 0.25) is 0 Å². The number of benzene rings is 1. The zero-order chi connectivity index (χ0) is 45.4. The lowest BCUT2D eigenvalue weighted by atomic mass is 9.73. The van der Waals surface area contributed by atoms with Crippen molar-refractivity contribution in [2.45, 2.75) is 186 Å². The third-order valence-corrected chi connectivity index (χ3v) is 14.3. The van der Waals surface area contributed by atoms with Crippen LogP contribution in [-0.2, 0) is 54.0 Å². The standard InChI is InChI=1S/C46H74N2O13/c1-15-33-46(10)38(48(43(53)61-46)24-31-19-17-16-18-20-31)27(4)35(49)25(2)22-45(9,55-14)40(60-42-36(50)32(47(11)12)21-26(3)56-42)28(5)37(29(6)41(52)58-33)59-34-23-44(8,54-13)39(51)30(7)57-34/h16-20,25-30,32-34,36-40,42,50-51H,15,21-24H2,1-14H3/t25-,26-,27+,28+,29-,30+,32+,33-,34+,36-,37+,38-,39+,40-,42+,44-,45-,46-/m1/s1. The molecule has 0 spiro atoms. The molecule has 0 aliphatic carbocycles. The highest BCUT2D eigenvalue weighted by Crippen LogP contribution is 2.45. The van der Waals surface area contributed by atoms with Crippen molar-refractivity contribution in [3.05, 3.63) is 35.9 Å². The summed E-state index contributed by atoms with van der Waals surface area (Å²) in [6.07, 6.45) is -7.41. The smallest absolute Gasteiger partial charge is 0.411 e. The van der Waals surface area contributed by atoms with Crippen LogP contribution in [0.4, 0.5) is 4.79 Å². The Morgan fingerprint density at radius 3 is 2.10 bits per heavy atom. The summed E-state index contributed by atoms with van der Waals surface area (Å²) in [4.78, 5) is 47.3. The van der Waals surface area contributed by atoms with Gasteiger partial charge in [0.1, 0.15) is 24.1 Å². The molecule has 1 amide bonds.